The molecule has 2 N–H and O–H groups in total. The monoisotopic (exact) mass is 286 g/mol. The first kappa shape index (κ1) is 15.1. The van der Waals surface area contributed by atoms with Crippen molar-refractivity contribution in [3.05, 3.63) is 41.7 Å². The van der Waals surface area contributed by atoms with Crippen LogP contribution >= 0.6 is 0 Å². The van der Waals surface area contributed by atoms with Crippen LogP contribution in [0.1, 0.15) is 31.5 Å². The van der Waals surface area contributed by atoms with Gasteiger partial charge in [0.25, 0.3) is 0 Å². The molecule has 5 nitrogen and oxygen atoms in total. The summed E-state index contributed by atoms with van der Waals surface area (Å²) in [6.07, 6.45) is 3.44. The summed E-state index contributed by atoms with van der Waals surface area (Å²) in [5, 5.41) is 10.7. The molecule has 0 saturated heterocycles. The molecule has 1 aromatic heterocycles. The molecule has 0 unspecified atom stereocenters. The van der Waals surface area contributed by atoms with E-state index in [1.807, 2.05) is 49.1 Å². The van der Waals surface area contributed by atoms with Gasteiger partial charge < -0.3 is 10.6 Å². The summed E-state index contributed by atoms with van der Waals surface area (Å²) >= 11 is 0. The van der Waals surface area contributed by atoms with Crippen LogP contribution in [-0.2, 0) is 24.8 Å². The number of hydrogen-bond acceptors (Lipinski definition) is 3. The zero-order chi connectivity index (χ0) is 15.2. The fourth-order valence-electron chi connectivity index (χ4n) is 2.18. The lowest BCUT2D eigenvalue weighted by Gasteiger charge is -2.09. The Labute approximate surface area is 125 Å². The van der Waals surface area contributed by atoms with Gasteiger partial charge in [-0.15, -0.1) is 0 Å². The Hall–Kier alpha value is -2.30. The van der Waals surface area contributed by atoms with Crippen molar-refractivity contribution in [1.29, 1.82) is 0 Å². The average molecular weight is 286 g/mol. The Kier molecular flexibility index (Phi) is 4.98. The summed E-state index contributed by atoms with van der Waals surface area (Å²) in [6, 6.07) is 7.75. The van der Waals surface area contributed by atoms with Gasteiger partial charge in [0.1, 0.15) is 0 Å². The van der Waals surface area contributed by atoms with Crippen molar-refractivity contribution in [2.75, 3.05) is 10.6 Å². The van der Waals surface area contributed by atoms with Gasteiger partial charge >= 0.3 is 0 Å². The first-order valence-electron chi connectivity index (χ1n) is 7.27. The standard InChI is InChI=1S/C16H22N4O/c1-4-15-12(11-20(3)19-15)10-17-13-7-6-8-14(9-13)18-16(21)5-2/h6-9,11,17H,4-5,10H2,1-3H3,(H,18,21). The average Bonchev–Trinajstić information content (AvgIpc) is 2.85. The Bertz CT molecular complexity index is 618. The van der Waals surface area contributed by atoms with Crippen molar-refractivity contribution in [3.63, 3.8) is 0 Å². The van der Waals surface area contributed by atoms with E-state index in [-0.39, 0.29) is 5.91 Å². The van der Waals surface area contributed by atoms with E-state index in [1.54, 1.807) is 0 Å². The Morgan fingerprint density at radius 1 is 1.29 bits per heavy atom. The molecular formula is C16H22N4O. The lowest BCUT2D eigenvalue weighted by molar-refractivity contribution is -0.115. The quantitative estimate of drug-likeness (QED) is 0.858. The summed E-state index contributed by atoms with van der Waals surface area (Å²) in [5.41, 5.74) is 4.10. The minimum absolute atomic E-state index is 0.0210. The van der Waals surface area contributed by atoms with Gasteiger partial charge in [-0.1, -0.05) is 19.9 Å². The van der Waals surface area contributed by atoms with Crippen LogP contribution in [-0.4, -0.2) is 15.7 Å². The maximum atomic E-state index is 11.4. The minimum atomic E-state index is 0.0210. The van der Waals surface area contributed by atoms with E-state index >= 15 is 0 Å². The second-order valence-electron chi connectivity index (χ2n) is 4.96. The van der Waals surface area contributed by atoms with Crippen molar-refractivity contribution >= 4 is 17.3 Å². The normalized spacial score (nSPS) is 10.4. The van der Waals surface area contributed by atoms with Crippen molar-refractivity contribution in [2.24, 2.45) is 7.05 Å². The third-order valence-corrected chi connectivity index (χ3v) is 3.28. The van der Waals surface area contributed by atoms with Gasteiger partial charge in [0, 0.05) is 43.1 Å². The Balaban J connectivity index is 2.02. The van der Waals surface area contributed by atoms with E-state index < -0.39 is 0 Å². The van der Waals surface area contributed by atoms with Crippen molar-refractivity contribution < 1.29 is 4.79 Å². The molecule has 0 fully saturated rings. The maximum Gasteiger partial charge on any atom is 0.224 e. The topological polar surface area (TPSA) is 59.0 Å². The van der Waals surface area contributed by atoms with E-state index in [4.69, 9.17) is 0 Å². The number of aromatic nitrogens is 2. The number of carbonyl (C=O) groups excluding carboxylic acids is 1. The van der Waals surface area contributed by atoms with Gasteiger partial charge in [-0.3, -0.25) is 9.48 Å². The van der Waals surface area contributed by atoms with E-state index in [0.717, 1.165) is 30.0 Å². The molecule has 0 spiro atoms. The number of nitrogens with zero attached hydrogens (tertiary/aromatic N) is 2. The van der Waals surface area contributed by atoms with Crippen LogP contribution in [0.4, 0.5) is 11.4 Å². The fourth-order valence-corrected chi connectivity index (χ4v) is 2.18. The number of hydrogen-bond donors (Lipinski definition) is 2. The number of rotatable bonds is 6. The number of carbonyl (C=O) groups is 1. The molecule has 0 aliphatic rings. The SMILES string of the molecule is CCC(=O)Nc1cccc(NCc2cn(C)nc2CC)c1. The van der Waals surface area contributed by atoms with Crippen LogP contribution < -0.4 is 10.6 Å². The largest absolute Gasteiger partial charge is 0.381 e. The molecule has 21 heavy (non-hydrogen) atoms. The first-order chi connectivity index (χ1) is 10.1. The molecule has 0 aliphatic carbocycles. The smallest absolute Gasteiger partial charge is 0.224 e. The Morgan fingerprint density at radius 3 is 2.76 bits per heavy atom. The van der Waals surface area contributed by atoms with Gasteiger partial charge in [0.15, 0.2) is 0 Å². The molecule has 112 valence electrons. The van der Waals surface area contributed by atoms with Gasteiger partial charge in [0.2, 0.25) is 5.91 Å². The van der Waals surface area contributed by atoms with Crippen LogP contribution in [0.2, 0.25) is 0 Å². The zero-order valence-corrected chi connectivity index (χ0v) is 12.8. The molecule has 0 radical (unpaired) electrons. The van der Waals surface area contributed by atoms with E-state index in [2.05, 4.69) is 22.7 Å². The summed E-state index contributed by atoms with van der Waals surface area (Å²) < 4.78 is 1.84. The number of nitrogens with one attached hydrogen (secondary N) is 2. The van der Waals surface area contributed by atoms with Gasteiger partial charge in [-0.05, 0) is 24.6 Å². The van der Waals surface area contributed by atoms with E-state index in [0.29, 0.717) is 6.42 Å². The fraction of sp³-hybridized carbons (Fsp3) is 0.375. The molecule has 5 heteroatoms. The van der Waals surface area contributed by atoms with Gasteiger partial charge in [0.05, 0.1) is 5.69 Å². The molecule has 0 aliphatic heterocycles. The van der Waals surface area contributed by atoms with E-state index in [9.17, 15) is 4.79 Å². The zero-order valence-electron chi connectivity index (χ0n) is 12.8. The molecule has 1 aromatic carbocycles. The van der Waals surface area contributed by atoms with Crippen LogP contribution in [0.5, 0.6) is 0 Å². The minimum Gasteiger partial charge on any atom is -0.381 e. The van der Waals surface area contributed by atoms with Crippen molar-refractivity contribution in [2.45, 2.75) is 33.2 Å². The predicted octanol–water partition coefficient (Wildman–Crippen LogP) is 2.94. The summed E-state index contributed by atoms with van der Waals surface area (Å²) in [5.74, 6) is 0.0210. The highest BCUT2D eigenvalue weighted by molar-refractivity contribution is 5.90. The molecule has 0 atom stereocenters. The van der Waals surface area contributed by atoms with E-state index in [1.165, 1.54) is 5.56 Å². The predicted molar refractivity (Wildman–Crippen MR) is 85.3 cm³/mol. The van der Waals surface area contributed by atoms with Gasteiger partial charge in [-0.25, -0.2) is 0 Å². The van der Waals surface area contributed by atoms with Crippen molar-refractivity contribution in [1.82, 2.24) is 9.78 Å². The second-order valence-corrected chi connectivity index (χ2v) is 4.96. The van der Waals surface area contributed by atoms with Crippen LogP contribution in [0.15, 0.2) is 30.5 Å². The number of amides is 1. The number of anilines is 2. The second kappa shape index (κ2) is 6.92. The molecular weight excluding hydrogens is 264 g/mol. The summed E-state index contributed by atoms with van der Waals surface area (Å²) in [6.45, 7) is 4.67. The third kappa shape index (κ3) is 4.08. The maximum absolute atomic E-state index is 11.4. The first-order valence-corrected chi connectivity index (χ1v) is 7.27. The lowest BCUT2D eigenvalue weighted by Crippen LogP contribution is -2.09. The molecule has 0 bridgehead atoms. The molecule has 2 rings (SSSR count). The van der Waals surface area contributed by atoms with Crippen LogP contribution in [0.25, 0.3) is 0 Å². The molecule has 1 amide bonds. The molecule has 1 heterocycles. The molecule has 2 aromatic rings. The third-order valence-electron chi connectivity index (χ3n) is 3.28. The highest BCUT2D eigenvalue weighted by atomic mass is 16.1. The van der Waals surface area contributed by atoms with Crippen LogP contribution in [0.3, 0.4) is 0 Å². The molecule has 0 saturated carbocycles. The van der Waals surface area contributed by atoms with Crippen molar-refractivity contribution in [3.8, 4) is 0 Å². The summed E-state index contributed by atoms with van der Waals surface area (Å²) in [4.78, 5) is 11.4. The van der Waals surface area contributed by atoms with Crippen LogP contribution in [0, 0.1) is 0 Å². The lowest BCUT2D eigenvalue weighted by atomic mass is 10.2. The number of benzene rings is 1. The van der Waals surface area contributed by atoms with Gasteiger partial charge in [-0.2, -0.15) is 5.10 Å². The highest BCUT2D eigenvalue weighted by Gasteiger charge is 2.06. The highest BCUT2D eigenvalue weighted by Crippen LogP contribution is 2.17. The Morgan fingerprint density at radius 2 is 2.05 bits per heavy atom. The summed E-state index contributed by atoms with van der Waals surface area (Å²) in [7, 11) is 1.93. The number of aryl methyl sites for hydroxylation is 2.